The Bertz CT molecular complexity index is 1490. The second-order valence-corrected chi connectivity index (χ2v) is 10.5. The summed E-state index contributed by atoms with van der Waals surface area (Å²) >= 11 is 0. The number of nitrogens with zero attached hydrogens (tertiary/aromatic N) is 2. The van der Waals surface area contributed by atoms with Crippen LogP contribution in [-0.2, 0) is 20.8 Å². The van der Waals surface area contributed by atoms with E-state index in [2.05, 4.69) is 34.6 Å². The molecule has 0 spiro atoms. The Hall–Kier alpha value is -4.20. The Morgan fingerprint density at radius 1 is 1.07 bits per heavy atom. The summed E-state index contributed by atoms with van der Waals surface area (Å²) in [5.41, 5.74) is 6.71. The van der Waals surface area contributed by atoms with Crippen LogP contribution in [0.4, 0.5) is 0 Å². The summed E-state index contributed by atoms with van der Waals surface area (Å²) in [6, 6.07) is 24.5. The average Bonchev–Trinajstić information content (AvgIpc) is 3.48. The largest absolute Gasteiger partial charge is 0.495 e. The van der Waals surface area contributed by atoms with Crippen molar-refractivity contribution in [3.63, 3.8) is 0 Å². The van der Waals surface area contributed by atoms with Gasteiger partial charge in [0.1, 0.15) is 5.75 Å². The number of ether oxygens (including phenoxy) is 3. The quantitative estimate of drug-likeness (QED) is 0.150. The summed E-state index contributed by atoms with van der Waals surface area (Å²) in [6.07, 6.45) is 9.95. The molecular weight excluding hydrogens is 526 g/mol. The molecule has 4 aromatic rings. The molecule has 1 aliphatic heterocycles. The number of aromatic nitrogens is 2. The Morgan fingerprint density at radius 3 is 2.69 bits per heavy atom. The van der Waals surface area contributed by atoms with Gasteiger partial charge in [-0.2, -0.15) is 0 Å². The second kappa shape index (κ2) is 14.6. The Morgan fingerprint density at radius 2 is 1.93 bits per heavy atom. The van der Waals surface area contributed by atoms with Gasteiger partial charge in [-0.1, -0.05) is 54.6 Å². The number of methoxy groups -OCH3 is 1. The maximum Gasteiger partial charge on any atom is 0.247 e. The zero-order valence-electron chi connectivity index (χ0n) is 24.4. The third-order valence-electron chi connectivity index (χ3n) is 7.35. The Balaban J connectivity index is 1.30. The van der Waals surface area contributed by atoms with Crippen molar-refractivity contribution in [3.05, 3.63) is 108 Å². The lowest BCUT2D eigenvalue weighted by atomic mass is 10.0. The highest BCUT2D eigenvalue weighted by atomic mass is 16.7. The van der Waals surface area contributed by atoms with Crippen LogP contribution in [0.2, 0.25) is 0 Å². The van der Waals surface area contributed by atoms with E-state index in [0.29, 0.717) is 37.3 Å². The van der Waals surface area contributed by atoms with Crippen molar-refractivity contribution in [1.29, 1.82) is 0 Å². The minimum atomic E-state index is -0.138. The van der Waals surface area contributed by atoms with Crippen LogP contribution < -0.4 is 10.1 Å². The van der Waals surface area contributed by atoms with Crippen molar-refractivity contribution >= 4 is 12.0 Å². The van der Waals surface area contributed by atoms with Gasteiger partial charge in [-0.05, 0) is 85.6 Å². The van der Waals surface area contributed by atoms with Crippen molar-refractivity contribution < 1.29 is 19.0 Å². The van der Waals surface area contributed by atoms with Gasteiger partial charge in [-0.15, -0.1) is 0 Å². The van der Waals surface area contributed by atoms with Crippen LogP contribution in [0.15, 0.2) is 90.9 Å². The molecule has 1 aromatic heterocycles. The first-order valence-electron chi connectivity index (χ1n) is 14.6. The molecule has 0 radical (unpaired) electrons. The van der Waals surface area contributed by atoms with E-state index in [1.165, 1.54) is 0 Å². The predicted octanol–water partition coefficient (Wildman–Crippen LogP) is 6.88. The molecule has 218 valence electrons. The molecule has 42 heavy (non-hydrogen) atoms. The first kappa shape index (κ1) is 29.3. The van der Waals surface area contributed by atoms with Crippen molar-refractivity contribution in [2.45, 2.75) is 51.9 Å². The molecule has 7 nitrogen and oxygen atoms in total. The molecular formula is C35H39N3O4. The number of imidazole rings is 1. The number of hydrogen-bond donors (Lipinski definition) is 1. The van der Waals surface area contributed by atoms with E-state index in [1.54, 1.807) is 13.4 Å². The summed E-state index contributed by atoms with van der Waals surface area (Å²) in [7, 11) is 1.65. The van der Waals surface area contributed by atoms with Gasteiger partial charge in [0, 0.05) is 24.9 Å². The molecule has 0 bridgehead atoms. The molecule has 1 fully saturated rings. The number of rotatable bonds is 12. The summed E-state index contributed by atoms with van der Waals surface area (Å²) in [5.74, 6) is 0.610. The van der Waals surface area contributed by atoms with Crippen LogP contribution >= 0.6 is 0 Å². The number of benzene rings is 3. The molecule has 1 N–H and O–H groups in total. The third kappa shape index (κ3) is 7.96. The van der Waals surface area contributed by atoms with Gasteiger partial charge in [0.25, 0.3) is 0 Å². The molecule has 1 saturated heterocycles. The molecule has 7 heteroatoms. The summed E-state index contributed by atoms with van der Waals surface area (Å²) < 4.78 is 19.3. The van der Waals surface area contributed by atoms with Crippen LogP contribution in [0.25, 0.3) is 22.9 Å². The number of nitrogens with one attached hydrogen (secondary N) is 1. The van der Waals surface area contributed by atoms with E-state index in [4.69, 9.17) is 14.2 Å². The monoisotopic (exact) mass is 565 g/mol. The fraction of sp³-hybridized carbons (Fsp3) is 0.314. The maximum atomic E-state index is 13.5. The highest BCUT2D eigenvalue weighted by Gasteiger charge is 2.15. The summed E-state index contributed by atoms with van der Waals surface area (Å²) in [4.78, 5) is 17.9. The minimum absolute atomic E-state index is 0.0951. The topological polar surface area (TPSA) is 74.6 Å². The first-order chi connectivity index (χ1) is 20.6. The Kier molecular flexibility index (Phi) is 10.2. The molecule has 5 rings (SSSR count). The van der Waals surface area contributed by atoms with Crippen LogP contribution in [0.1, 0.15) is 48.9 Å². The molecule has 1 amide bonds. The minimum Gasteiger partial charge on any atom is -0.495 e. The third-order valence-corrected chi connectivity index (χ3v) is 7.35. The van der Waals surface area contributed by atoms with E-state index in [9.17, 15) is 4.79 Å². The van der Waals surface area contributed by atoms with Crippen LogP contribution in [-0.4, -0.2) is 42.1 Å². The van der Waals surface area contributed by atoms with E-state index >= 15 is 0 Å². The Labute approximate surface area is 248 Å². The number of carbonyl (C=O) groups is 1. The zero-order valence-corrected chi connectivity index (χ0v) is 24.4. The number of hydrogen-bond acceptors (Lipinski definition) is 5. The van der Waals surface area contributed by atoms with Crippen LogP contribution in [0.5, 0.6) is 5.75 Å². The van der Waals surface area contributed by atoms with Crippen molar-refractivity contribution in [2.75, 3.05) is 20.3 Å². The molecule has 1 unspecified atom stereocenters. The van der Waals surface area contributed by atoms with Gasteiger partial charge in [0.15, 0.2) is 6.29 Å². The smallest absolute Gasteiger partial charge is 0.247 e. The van der Waals surface area contributed by atoms with Gasteiger partial charge in [0.2, 0.25) is 5.91 Å². The zero-order chi connectivity index (χ0) is 29.1. The van der Waals surface area contributed by atoms with Gasteiger partial charge in [-0.3, -0.25) is 4.79 Å². The second-order valence-electron chi connectivity index (χ2n) is 10.5. The van der Waals surface area contributed by atoms with Gasteiger partial charge >= 0.3 is 0 Å². The lowest BCUT2D eigenvalue weighted by Gasteiger charge is -2.22. The van der Waals surface area contributed by atoms with Crippen LogP contribution in [0, 0.1) is 6.92 Å². The number of amides is 1. The number of aryl methyl sites for hydroxylation is 1. The van der Waals surface area contributed by atoms with Crippen molar-refractivity contribution in [2.24, 2.45) is 0 Å². The van der Waals surface area contributed by atoms with E-state index in [1.807, 2.05) is 72.3 Å². The lowest BCUT2D eigenvalue weighted by molar-refractivity contribution is -0.162. The first-order valence-corrected chi connectivity index (χ1v) is 14.6. The lowest BCUT2D eigenvalue weighted by Crippen LogP contribution is -2.25. The predicted molar refractivity (Wildman–Crippen MR) is 165 cm³/mol. The van der Waals surface area contributed by atoms with Gasteiger partial charge < -0.3 is 24.1 Å². The molecule has 0 saturated carbocycles. The van der Waals surface area contributed by atoms with Crippen molar-refractivity contribution in [1.82, 2.24) is 14.9 Å². The van der Waals surface area contributed by atoms with E-state index < -0.39 is 0 Å². The van der Waals surface area contributed by atoms with Crippen molar-refractivity contribution in [3.8, 4) is 22.6 Å². The van der Waals surface area contributed by atoms with E-state index in [-0.39, 0.29) is 12.2 Å². The SMILES string of the molecule is COc1cc(/C=C(\CCCOC2CCCCO2)C(=O)NCc2cccc(-c3ccccc3)c2)ccc1-n1cnc(C)c1. The van der Waals surface area contributed by atoms with E-state index in [0.717, 1.165) is 59.5 Å². The highest BCUT2D eigenvalue weighted by molar-refractivity contribution is 5.97. The average molecular weight is 566 g/mol. The fourth-order valence-electron chi connectivity index (χ4n) is 5.11. The maximum absolute atomic E-state index is 13.5. The van der Waals surface area contributed by atoms with Gasteiger partial charge in [0.05, 0.1) is 31.4 Å². The molecule has 1 aliphatic rings. The molecule has 2 heterocycles. The highest BCUT2D eigenvalue weighted by Crippen LogP contribution is 2.27. The fourth-order valence-corrected chi connectivity index (χ4v) is 5.11. The summed E-state index contributed by atoms with van der Waals surface area (Å²) in [5, 5.41) is 3.14. The van der Waals surface area contributed by atoms with Gasteiger partial charge in [-0.25, -0.2) is 4.98 Å². The van der Waals surface area contributed by atoms with Crippen LogP contribution in [0.3, 0.4) is 0 Å². The molecule has 3 aromatic carbocycles. The standard InChI is InChI=1S/C35H39N3O4/c1-26-24-38(25-37-26)32-17-16-27(22-33(32)40-2)20-31(14-9-19-42-34-15-6-7-18-41-34)35(39)36-23-28-10-8-13-30(21-28)29-11-4-3-5-12-29/h3-5,8,10-13,16-17,20-22,24-25,34H,6-7,9,14-15,18-19,23H2,1-2H3,(H,36,39)/b31-20+. The molecule has 1 atom stereocenters. The normalized spacial score (nSPS) is 15.4. The molecule has 0 aliphatic carbocycles. The summed E-state index contributed by atoms with van der Waals surface area (Å²) in [6.45, 7) is 3.68. The number of carbonyl (C=O) groups excluding carboxylic acids is 1.